The highest BCUT2D eigenvalue weighted by molar-refractivity contribution is 6.85. The molecule has 1 aliphatic heterocycles. The van der Waals surface area contributed by atoms with Crippen LogP contribution in [0.3, 0.4) is 0 Å². The van der Waals surface area contributed by atoms with E-state index in [-0.39, 0.29) is 5.97 Å². The van der Waals surface area contributed by atoms with Gasteiger partial charge in [-0.05, 0) is 88.7 Å². The molecule has 0 saturated carbocycles. The SMILES string of the molecule is C=C(C)C(=O)OCCC[Si]1(C)O[SiH](C)O[Si](C)(CCCOc2ccc(OCCC[Si](OC)(OC)OC)cc2)O[SiH](C)O1. The molecule has 0 amide bonds. The molecule has 0 bridgehead atoms. The van der Waals surface area contributed by atoms with Crippen LogP contribution < -0.4 is 9.47 Å². The van der Waals surface area contributed by atoms with Gasteiger partial charge in [-0.25, -0.2) is 4.79 Å². The smallest absolute Gasteiger partial charge is 0.494 e. The topological polar surface area (TPSA) is 109 Å². The maximum atomic E-state index is 11.6. The molecule has 1 aromatic carbocycles. The van der Waals surface area contributed by atoms with Crippen LogP contribution in [-0.2, 0) is 39.3 Å². The van der Waals surface area contributed by atoms with Crippen LogP contribution in [0.15, 0.2) is 36.4 Å². The fourth-order valence-corrected chi connectivity index (χ4v) is 23.8. The fraction of sp³-hybridized carbons (Fsp3) is 0.654. The highest BCUT2D eigenvalue weighted by atomic mass is 28.5. The quantitative estimate of drug-likeness (QED) is 0.0945. The standard InChI is InChI=1S/C26H50O11Si5/c1-23(2)26(27)33-19-11-21-41(9)36-38(6)34-40(8,35-39(7)37-41)20-10-17-31-24-13-15-25(16-14-24)32-18-12-22-42(28-3,29-4)30-5/h13-16,38-39H,1,10-12,17-22H2,2-9H3. The van der Waals surface area contributed by atoms with E-state index in [4.69, 9.17) is 43.9 Å². The van der Waals surface area contributed by atoms with Crippen molar-refractivity contribution in [3.8, 4) is 11.5 Å². The van der Waals surface area contributed by atoms with Crippen LogP contribution in [0, 0.1) is 0 Å². The van der Waals surface area contributed by atoms with E-state index in [1.54, 1.807) is 28.3 Å². The minimum Gasteiger partial charge on any atom is -0.494 e. The van der Waals surface area contributed by atoms with Crippen molar-refractivity contribution in [3.63, 3.8) is 0 Å². The molecule has 0 aromatic heterocycles. The number of rotatable bonds is 18. The molecule has 2 unspecified atom stereocenters. The largest absolute Gasteiger partial charge is 0.500 e. The summed E-state index contributed by atoms with van der Waals surface area (Å²) in [5.74, 6) is 1.19. The third-order valence-corrected chi connectivity index (χ3v) is 25.4. The first-order valence-electron chi connectivity index (χ1n) is 14.4. The van der Waals surface area contributed by atoms with Gasteiger partial charge in [0, 0.05) is 32.9 Å². The zero-order valence-corrected chi connectivity index (χ0v) is 31.8. The number of benzene rings is 1. The van der Waals surface area contributed by atoms with Crippen LogP contribution >= 0.6 is 0 Å². The highest BCUT2D eigenvalue weighted by Gasteiger charge is 2.44. The molecular formula is C26H50O11Si5. The van der Waals surface area contributed by atoms with Crippen molar-refractivity contribution in [2.75, 3.05) is 41.2 Å². The summed E-state index contributed by atoms with van der Waals surface area (Å²) < 4.78 is 59.3. The number of esters is 1. The lowest BCUT2D eigenvalue weighted by Gasteiger charge is -2.41. The first-order chi connectivity index (χ1) is 19.9. The molecule has 16 heteroatoms. The van der Waals surface area contributed by atoms with Crippen LogP contribution in [0.2, 0.25) is 44.3 Å². The second kappa shape index (κ2) is 18.0. The van der Waals surface area contributed by atoms with Gasteiger partial charge in [-0.1, -0.05) is 6.58 Å². The summed E-state index contributed by atoms with van der Waals surface area (Å²) in [7, 11) is -6.65. The number of ether oxygens (including phenoxy) is 3. The predicted octanol–water partition coefficient (Wildman–Crippen LogP) is 4.54. The van der Waals surface area contributed by atoms with Crippen LogP contribution in [0.25, 0.3) is 0 Å². The molecule has 0 aliphatic carbocycles. The molecular weight excluding hydrogens is 629 g/mol. The maximum absolute atomic E-state index is 11.6. The van der Waals surface area contributed by atoms with E-state index in [0.29, 0.717) is 43.9 Å². The number of carbonyl (C=O) groups is 1. The van der Waals surface area contributed by atoms with E-state index in [2.05, 4.69) is 19.7 Å². The molecule has 42 heavy (non-hydrogen) atoms. The van der Waals surface area contributed by atoms with Crippen molar-refractivity contribution in [3.05, 3.63) is 36.4 Å². The van der Waals surface area contributed by atoms with Crippen molar-refractivity contribution in [1.82, 2.24) is 0 Å². The lowest BCUT2D eigenvalue weighted by molar-refractivity contribution is -0.138. The van der Waals surface area contributed by atoms with Crippen LogP contribution in [0.4, 0.5) is 0 Å². The molecule has 1 aliphatic rings. The average Bonchev–Trinajstić information content (AvgIpc) is 2.93. The lowest BCUT2D eigenvalue weighted by atomic mass is 10.3. The highest BCUT2D eigenvalue weighted by Crippen LogP contribution is 2.28. The zero-order valence-electron chi connectivity index (χ0n) is 26.5. The molecule has 0 radical (unpaired) electrons. The Morgan fingerprint density at radius 2 is 1.19 bits per heavy atom. The Kier molecular flexibility index (Phi) is 15.8. The molecule has 1 saturated heterocycles. The molecule has 0 N–H and O–H groups in total. The van der Waals surface area contributed by atoms with Crippen molar-refractivity contribution in [2.45, 2.75) is 70.5 Å². The summed E-state index contributed by atoms with van der Waals surface area (Å²) in [4.78, 5) is 11.6. The average molecular weight is 679 g/mol. The Hall–Kier alpha value is -1.17. The van der Waals surface area contributed by atoms with E-state index in [1.165, 1.54) is 0 Å². The monoisotopic (exact) mass is 678 g/mol. The van der Waals surface area contributed by atoms with Crippen molar-refractivity contribution < 1.29 is 48.7 Å². The Balaban J connectivity index is 1.74. The first-order valence-corrected chi connectivity index (χ1v) is 25.6. The third kappa shape index (κ3) is 12.8. The van der Waals surface area contributed by atoms with Crippen molar-refractivity contribution >= 4 is 50.5 Å². The molecule has 1 heterocycles. The van der Waals surface area contributed by atoms with Gasteiger partial charge in [0.05, 0.1) is 19.8 Å². The van der Waals surface area contributed by atoms with Gasteiger partial charge in [0.1, 0.15) is 11.5 Å². The van der Waals surface area contributed by atoms with Gasteiger partial charge in [-0.3, -0.25) is 0 Å². The van der Waals surface area contributed by atoms with E-state index in [1.807, 2.05) is 37.4 Å². The van der Waals surface area contributed by atoms with Crippen molar-refractivity contribution in [2.24, 2.45) is 0 Å². The van der Waals surface area contributed by atoms with E-state index in [0.717, 1.165) is 30.4 Å². The summed E-state index contributed by atoms with van der Waals surface area (Å²) in [5, 5.41) is 0. The van der Waals surface area contributed by atoms with Gasteiger partial charge in [0.2, 0.25) is 0 Å². The van der Waals surface area contributed by atoms with E-state index < -0.39 is 44.5 Å². The Labute approximate surface area is 258 Å². The summed E-state index contributed by atoms with van der Waals surface area (Å²) in [6, 6.07) is 9.82. The van der Waals surface area contributed by atoms with Crippen LogP contribution in [0.5, 0.6) is 11.5 Å². The summed E-state index contributed by atoms with van der Waals surface area (Å²) in [5.41, 5.74) is 0.395. The minimum absolute atomic E-state index is 0.317. The zero-order chi connectivity index (χ0) is 31.2. The Morgan fingerprint density at radius 3 is 1.60 bits per heavy atom. The molecule has 240 valence electrons. The van der Waals surface area contributed by atoms with Gasteiger partial charge in [0.25, 0.3) is 0 Å². The van der Waals surface area contributed by atoms with E-state index in [9.17, 15) is 4.79 Å². The Bertz CT molecular complexity index is 942. The van der Waals surface area contributed by atoms with Gasteiger partial charge in [0.15, 0.2) is 0 Å². The molecule has 1 aromatic rings. The number of hydrogen-bond donors (Lipinski definition) is 0. The minimum atomic E-state index is -2.57. The van der Waals surface area contributed by atoms with Crippen molar-refractivity contribution in [1.29, 1.82) is 0 Å². The molecule has 2 rings (SSSR count). The van der Waals surface area contributed by atoms with Gasteiger partial charge < -0.3 is 43.9 Å². The molecule has 0 spiro atoms. The first kappa shape index (κ1) is 37.0. The Morgan fingerprint density at radius 1 is 0.786 bits per heavy atom. The van der Waals surface area contributed by atoms with Crippen LogP contribution in [-0.4, -0.2) is 91.6 Å². The molecule has 1 fully saturated rings. The second-order valence-corrected chi connectivity index (χ2v) is 25.2. The summed E-state index contributed by atoms with van der Waals surface area (Å²) in [6.45, 7) is 14.9. The summed E-state index contributed by atoms with van der Waals surface area (Å²) >= 11 is 0. The third-order valence-electron chi connectivity index (χ3n) is 6.71. The maximum Gasteiger partial charge on any atom is 0.500 e. The van der Waals surface area contributed by atoms with Gasteiger partial charge >= 0.3 is 50.5 Å². The normalized spacial score (nSPS) is 24.9. The van der Waals surface area contributed by atoms with E-state index >= 15 is 0 Å². The summed E-state index contributed by atoms with van der Waals surface area (Å²) in [6.07, 6.45) is 2.23. The molecule has 11 nitrogen and oxygen atoms in total. The number of hydrogen-bond acceptors (Lipinski definition) is 11. The second-order valence-electron chi connectivity index (χ2n) is 10.6. The molecule has 2 atom stereocenters. The number of carbonyl (C=O) groups excluding carboxylic acids is 1. The van der Waals surface area contributed by atoms with Gasteiger partial charge in [-0.2, -0.15) is 0 Å². The van der Waals surface area contributed by atoms with Gasteiger partial charge in [-0.15, -0.1) is 0 Å². The lowest BCUT2D eigenvalue weighted by Crippen LogP contribution is -2.58. The fourth-order valence-electron chi connectivity index (χ4n) is 4.68. The van der Waals surface area contributed by atoms with Crippen LogP contribution in [0.1, 0.15) is 26.2 Å². The predicted molar refractivity (Wildman–Crippen MR) is 172 cm³/mol.